The Morgan fingerprint density at radius 1 is 1.50 bits per heavy atom. The molecule has 0 aromatic carbocycles. The molecule has 0 bridgehead atoms. The number of aromatic nitrogens is 1. The summed E-state index contributed by atoms with van der Waals surface area (Å²) in [7, 11) is 0. The molecule has 2 N–H and O–H groups in total. The highest BCUT2D eigenvalue weighted by Gasteiger charge is 2.22. The summed E-state index contributed by atoms with van der Waals surface area (Å²) in [4.78, 5) is 15.5. The maximum absolute atomic E-state index is 11.6. The average Bonchev–Trinajstić information content (AvgIpc) is 2.25. The number of carbonyl (C=O) groups is 1. The maximum Gasteiger partial charge on any atom is 0.269 e. The molecular formula is C12H18N2O2. The largest absolute Gasteiger partial charge is 0.391 e. The molecule has 16 heavy (non-hydrogen) atoms. The maximum atomic E-state index is 11.6. The first-order chi connectivity index (χ1) is 7.41. The van der Waals surface area contributed by atoms with Crippen molar-refractivity contribution in [2.45, 2.75) is 26.9 Å². The fourth-order valence-corrected chi connectivity index (χ4v) is 1.08. The summed E-state index contributed by atoms with van der Waals surface area (Å²) in [6.45, 7) is 6.00. The highest BCUT2D eigenvalue weighted by Crippen LogP contribution is 2.18. The summed E-state index contributed by atoms with van der Waals surface area (Å²) in [5.74, 6) is -0.260. The molecule has 1 atom stereocenters. The van der Waals surface area contributed by atoms with Crippen molar-refractivity contribution in [1.29, 1.82) is 0 Å². The van der Waals surface area contributed by atoms with Crippen LogP contribution in [0.25, 0.3) is 0 Å². The SMILES string of the molecule is CC(C)(C)C(O)CNC(=O)c1ccccn1. The molecule has 0 radical (unpaired) electrons. The Kier molecular flexibility index (Phi) is 4.01. The summed E-state index contributed by atoms with van der Waals surface area (Å²) in [5, 5.41) is 12.4. The van der Waals surface area contributed by atoms with Gasteiger partial charge in [-0.05, 0) is 17.5 Å². The van der Waals surface area contributed by atoms with Crippen molar-refractivity contribution in [2.24, 2.45) is 5.41 Å². The van der Waals surface area contributed by atoms with Crippen LogP contribution in [0.2, 0.25) is 0 Å². The van der Waals surface area contributed by atoms with Crippen LogP contribution in [-0.2, 0) is 0 Å². The molecule has 1 heterocycles. The van der Waals surface area contributed by atoms with E-state index in [1.165, 1.54) is 0 Å². The molecule has 0 saturated carbocycles. The van der Waals surface area contributed by atoms with E-state index in [4.69, 9.17) is 0 Å². The number of aliphatic hydroxyl groups excluding tert-OH is 1. The second-order valence-electron chi connectivity index (χ2n) is 4.81. The van der Waals surface area contributed by atoms with Gasteiger partial charge >= 0.3 is 0 Å². The van der Waals surface area contributed by atoms with Gasteiger partial charge in [-0.1, -0.05) is 26.8 Å². The summed E-state index contributed by atoms with van der Waals surface area (Å²) < 4.78 is 0. The Bertz CT molecular complexity index is 344. The van der Waals surface area contributed by atoms with Gasteiger partial charge in [0, 0.05) is 12.7 Å². The minimum Gasteiger partial charge on any atom is -0.391 e. The number of rotatable bonds is 3. The average molecular weight is 222 g/mol. The number of nitrogens with one attached hydrogen (secondary N) is 1. The van der Waals surface area contributed by atoms with E-state index in [9.17, 15) is 9.90 Å². The van der Waals surface area contributed by atoms with Crippen LogP contribution in [-0.4, -0.2) is 28.6 Å². The van der Waals surface area contributed by atoms with Crippen molar-refractivity contribution in [3.8, 4) is 0 Å². The molecule has 0 saturated heterocycles. The quantitative estimate of drug-likeness (QED) is 0.808. The van der Waals surface area contributed by atoms with Gasteiger partial charge in [0.2, 0.25) is 0 Å². The summed E-state index contributed by atoms with van der Waals surface area (Å²) >= 11 is 0. The lowest BCUT2D eigenvalue weighted by Crippen LogP contribution is -2.39. The second kappa shape index (κ2) is 5.07. The standard InChI is InChI=1S/C12H18N2O2/c1-12(2,3)10(15)8-14-11(16)9-6-4-5-7-13-9/h4-7,10,15H,8H2,1-3H3,(H,14,16). The number of carbonyl (C=O) groups excluding carboxylic acids is 1. The summed E-state index contributed by atoms with van der Waals surface area (Å²) in [5.41, 5.74) is 0.126. The zero-order chi connectivity index (χ0) is 12.2. The van der Waals surface area contributed by atoms with Crippen LogP contribution < -0.4 is 5.32 Å². The van der Waals surface area contributed by atoms with Gasteiger partial charge in [0.25, 0.3) is 5.91 Å². The van der Waals surface area contributed by atoms with Gasteiger partial charge in [-0.2, -0.15) is 0 Å². The van der Waals surface area contributed by atoms with Gasteiger partial charge in [-0.15, -0.1) is 0 Å². The van der Waals surface area contributed by atoms with Crippen LogP contribution in [0.1, 0.15) is 31.3 Å². The predicted octanol–water partition coefficient (Wildman–Crippen LogP) is 1.22. The number of hydrogen-bond acceptors (Lipinski definition) is 3. The molecule has 1 amide bonds. The normalized spacial score (nSPS) is 13.2. The van der Waals surface area contributed by atoms with Crippen LogP contribution in [0.4, 0.5) is 0 Å². The highest BCUT2D eigenvalue weighted by molar-refractivity contribution is 5.92. The van der Waals surface area contributed by atoms with E-state index >= 15 is 0 Å². The Balaban J connectivity index is 2.48. The van der Waals surface area contributed by atoms with Gasteiger partial charge in [0.1, 0.15) is 5.69 Å². The van der Waals surface area contributed by atoms with Gasteiger partial charge in [-0.25, -0.2) is 0 Å². The summed E-state index contributed by atoms with van der Waals surface area (Å²) in [6, 6.07) is 5.14. The molecule has 0 aliphatic heterocycles. The third-order valence-electron chi connectivity index (χ3n) is 2.35. The zero-order valence-corrected chi connectivity index (χ0v) is 9.90. The van der Waals surface area contributed by atoms with Gasteiger partial charge in [0.05, 0.1) is 6.10 Å². The fourth-order valence-electron chi connectivity index (χ4n) is 1.08. The predicted molar refractivity (Wildman–Crippen MR) is 62.0 cm³/mol. The summed E-state index contributed by atoms with van der Waals surface area (Å²) in [6.07, 6.45) is 0.995. The molecule has 1 aromatic heterocycles. The third kappa shape index (κ3) is 3.62. The Morgan fingerprint density at radius 3 is 2.69 bits per heavy atom. The molecule has 4 heteroatoms. The van der Waals surface area contributed by atoms with Crippen molar-refractivity contribution in [3.05, 3.63) is 30.1 Å². The van der Waals surface area contributed by atoms with E-state index in [1.54, 1.807) is 24.4 Å². The molecule has 1 rings (SSSR count). The van der Waals surface area contributed by atoms with Gasteiger partial charge in [0.15, 0.2) is 0 Å². The van der Waals surface area contributed by atoms with Crippen molar-refractivity contribution in [1.82, 2.24) is 10.3 Å². The van der Waals surface area contributed by atoms with Crippen LogP contribution in [0.5, 0.6) is 0 Å². The fraction of sp³-hybridized carbons (Fsp3) is 0.500. The topological polar surface area (TPSA) is 62.2 Å². The van der Waals surface area contributed by atoms with E-state index in [2.05, 4.69) is 10.3 Å². The van der Waals surface area contributed by atoms with Crippen LogP contribution >= 0.6 is 0 Å². The molecule has 1 unspecified atom stereocenters. The highest BCUT2D eigenvalue weighted by atomic mass is 16.3. The Morgan fingerprint density at radius 2 is 2.19 bits per heavy atom. The molecule has 0 spiro atoms. The molecule has 1 aromatic rings. The van der Waals surface area contributed by atoms with E-state index < -0.39 is 6.10 Å². The first kappa shape index (κ1) is 12.6. The van der Waals surface area contributed by atoms with E-state index in [1.807, 2.05) is 20.8 Å². The van der Waals surface area contributed by atoms with Gasteiger partial charge < -0.3 is 10.4 Å². The molecule has 88 valence electrons. The Labute approximate surface area is 95.7 Å². The van der Waals surface area contributed by atoms with Gasteiger partial charge in [-0.3, -0.25) is 9.78 Å². The Hall–Kier alpha value is -1.42. The molecule has 4 nitrogen and oxygen atoms in total. The van der Waals surface area contributed by atoms with Crippen molar-refractivity contribution in [3.63, 3.8) is 0 Å². The number of hydrogen-bond donors (Lipinski definition) is 2. The number of amides is 1. The zero-order valence-electron chi connectivity index (χ0n) is 9.90. The smallest absolute Gasteiger partial charge is 0.269 e. The van der Waals surface area contributed by atoms with E-state index in [0.29, 0.717) is 5.69 Å². The number of pyridine rings is 1. The first-order valence-electron chi connectivity index (χ1n) is 5.28. The monoisotopic (exact) mass is 222 g/mol. The molecular weight excluding hydrogens is 204 g/mol. The minimum absolute atomic E-state index is 0.235. The molecule has 0 fully saturated rings. The lowest BCUT2D eigenvalue weighted by Gasteiger charge is -2.25. The number of nitrogens with zero attached hydrogens (tertiary/aromatic N) is 1. The lowest BCUT2D eigenvalue weighted by molar-refractivity contribution is 0.0585. The number of aliphatic hydroxyl groups is 1. The van der Waals surface area contributed by atoms with Crippen molar-refractivity contribution < 1.29 is 9.90 Å². The lowest BCUT2D eigenvalue weighted by atomic mass is 9.89. The molecule has 0 aliphatic rings. The van der Waals surface area contributed by atoms with Crippen molar-refractivity contribution >= 4 is 5.91 Å². The third-order valence-corrected chi connectivity index (χ3v) is 2.35. The van der Waals surface area contributed by atoms with Crippen molar-refractivity contribution in [2.75, 3.05) is 6.54 Å². The van der Waals surface area contributed by atoms with Crippen LogP contribution in [0.3, 0.4) is 0 Å². The second-order valence-corrected chi connectivity index (χ2v) is 4.81. The van der Waals surface area contributed by atoms with E-state index in [0.717, 1.165) is 0 Å². The molecule has 0 aliphatic carbocycles. The van der Waals surface area contributed by atoms with E-state index in [-0.39, 0.29) is 17.9 Å². The first-order valence-corrected chi connectivity index (χ1v) is 5.28. The van der Waals surface area contributed by atoms with Crippen LogP contribution in [0, 0.1) is 5.41 Å². The minimum atomic E-state index is -0.569. The van der Waals surface area contributed by atoms with Crippen LogP contribution in [0.15, 0.2) is 24.4 Å².